The summed E-state index contributed by atoms with van der Waals surface area (Å²) in [6.07, 6.45) is 7.02. The van der Waals surface area contributed by atoms with Gasteiger partial charge >= 0.3 is 0 Å². The van der Waals surface area contributed by atoms with E-state index < -0.39 is 0 Å². The van der Waals surface area contributed by atoms with Crippen LogP contribution in [0.2, 0.25) is 0 Å². The Hall–Kier alpha value is -0.0800. The van der Waals surface area contributed by atoms with Crippen LogP contribution in [-0.4, -0.2) is 37.1 Å². The van der Waals surface area contributed by atoms with Crippen molar-refractivity contribution in [1.29, 1.82) is 0 Å². The molecule has 0 aromatic heterocycles. The fraction of sp³-hybridized carbons (Fsp3) is 1.00. The largest absolute Gasteiger partial charge is 0.313 e. The normalized spacial score (nSPS) is 24.2. The fourth-order valence-electron chi connectivity index (χ4n) is 2.92. The Bertz CT molecular complexity index is 225. The van der Waals surface area contributed by atoms with Gasteiger partial charge in [0.2, 0.25) is 0 Å². The fourth-order valence-corrected chi connectivity index (χ4v) is 2.92. The first-order valence-corrected chi connectivity index (χ1v) is 7.55. The minimum atomic E-state index is 0.432. The Morgan fingerprint density at radius 3 is 2.29 bits per heavy atom. The van der Waals surface area contributed by atoms with E-state index in [1.54, 1.807) is 0 Å². The van der Waals surface area contributed by atoms with Crippen LogP contribution in [0.15, 0.2) is 0 Å². The molecule has 1 heterocycles. The first-order chi connectivity index (χ1) is 8.09. The molecule has 2 aliphatic rings. The highest BCUT2D eigenvalue weighted by atomic mass is 15.1. The molecule has 0 unspecified atom stereocenters. The van der Waals surface area contributed by atoms with E-state index >= 15 is 0 Å². The standard InChI is InChI=1S/C15H30N2/c1-4-13-7-9-17(10-8-13)12-15(2,3)11-16-14-5-6-14/h13-14,16H,4-12H2,1-3H3. The molecule has 0 aromatic rings. The quantitative estimate of drug-likeness (QED) is 0.765. The van der Waals surface area contributed by atoms with Gasteiger partial charge in [-0.25, -0.2) is 0 Å². The van der Waals surface area contributed by atoms with E-state index in [1.807, 2.05) is 0 Å². The molecule has 2 heteroatoms. The second-order valence-electron chi connectivity index (χ2n) is 6.95. The van der Waals surface area contributed by atoms with E-state index in [-0.39, 0.29) is 0 Å². The van der Waals surface area contributed by atoms with E-state index in [0.29, 0.717) is 5.41 Å². The van der Waals surface area contributed by atoms with E-state index in [2.05, 4.69) is 31.0 Å². The van der Waals surface area contributed by atoms with Crippen LogP contribution < -0.4 is 5.32 Å². The zero-order valence-electron chi connectivity index (χ0n) is 12.0. The van der Waals surface area contributed by atoms with Gasteiger partial charge in [-0.05, 0) is 50.1 Å². The van der Waals surface area contributed by atoms with E-state index in [9.17, 15) is 0 Å². The monoisotopic (exact) mass is 238 g/mol. The lowest BCUT2D eigenvalue weighted by Gasteiger charge is -2.37. The third-order valence-corrected chi connectivity index (χ3v) is 4.38. The average molecular weight is 238 g/mol. The molecule has 0 bridgehead atoms. The van der Waals surface area contributed by atoms with Crippen molar-refractivity contribution in [3.63, 3.8) is 0 Å². The molecule has 0 radical (unpaired) electrons. The van der Waals surface area contributed by atoms with E-state index in [0.717, 1.165) is 12.0 Å². The highest BCUT2D eigenvalue weighted by Gasteiger charge is 2.28. The number of hydrogen-bond donors (Lipinski definition) is 1. The highest BCUT2D eigenvalue weighted by molar-refractivity contribution is 4.86. The molecule has 2 rings (SSSR count). The van der Waals surface area contributed by atoms with Gasteiger partial charge in [-0.15, -0.1) is 0 Å². The average Bonchev–Trinajstić information content (AvgIpc) is 3.11. The zero-order valence-corrected chi connectivity index (χ0v) is 12.0. The van der Waals surface area contributed by atoms with Gasteiger partial charge in [0.15, 0.2) is 0 Å². The van der Waals surface area contributed by atoms with Gasteiger partial charge in [-0.3, -0.25) is 0 Å². The van der Waals surface area contributed by atoms with Gasteiger partial charge in [-0.2, -0.15) is 0 Å². The van der Waals surface area contributed by atoms with Crippen LogP contribution in [0.4, 0.5) is 0 Å². The van der Waals surface area contributed by atoms with Gasteiger partial charge in [-0.1, -0.05) is 27.2 Å². The van der Waals surface area contributed by atoms with E-state index in [1.165, 1.54) is 58.3 Å². The lowest BCUT2D eigenvalue weighted by Crippen LogP contribution is -2.44. The Morgan fingerprint density at radius 2 is 1.76 bits per heavy atom. The number of piperidine rings is 1. The van der Waals surface area contributed by atoms with Crippen LogP contribution in [0.1, 0.15) is 52.9 Å². The van der Waals surface area contributed by atoms with Gasteiger partial charge in [0.25, 0.3) is 0 Å². The minimum Gasteiger partial charge on any atom is -0.313 e. The molecule has 1 N–H and O–H groups in total. The molecule has 1 saturated carbocycles. The molecule has 0 spiro atoms. The minimum absolute atomic E-state index is 0.432. The Kier molecular flexibility index (Phi) is 4.48. The summed E-state index contributed by atoms with van der Waals surface area (Å²) in [6, 6.07) is 0.847. The van der Waals surface area contributed by atoms with Gasteiger partial charge in [0, 0.05) is 19.1 Å². The SMILES string of the molecule is CCC1CCN(CC(C)(C)CNC2CC2)CC1. The summed E-state index contributed by atoms with van der Waals surface area (Å²) in [5.74, 6) is 0.999. The number of nitrogens with one attached hydrogen (secondary N) is 1. The van der Waals surface area contributed by atoms with Crippen LogP contribution in [0, 0.1) is 11.3 Å². The maximum atomic E-state index is 3.68. The summed E-state index contributed by atoms with van der Waals surface area (Å²) in [5.41, 5.74) is 0.432. The van der Waals surface area contributed by atoms with Crippen LogP contribution in [0.5, 0.6) is 0 Å². The van der Waals surface area contributed by atoms with Crippen molar-refractivity contribution in [2.75, 3.05) is 26.2 Å². The number of hydrogen-bond acceptors (Lipinski definition) is 2. The molecule has 2 fully saturated rings. The first-order valence-electron chi connectivity index (χ1n) is 7.55. The first kappa shape index (κ1) is 13.4. The van der Waals surface area contributed by atoms with Crippen molar-refractivity contribution in [3.8, 4) is 0 Å². The lowest BCUT2D eigenvalue weighted by molar-refractivity contribution is 0.125. The van der Waals surface area contributed by atoms with E-state index in [4.69, 9.17) is 0 Å². The number of rotatable bonds is 6. The van der Waals surface area contributed by atoms with Crippen LogP contribution in [0.25, 0.3) is 0 Å². The van der Waals surface area contributed by atoms with Gasteiger partial charge in [0.1, 0.15) is 0 Å². The van der Waals surface area contributed by atoms with Gasteiger partial charge < -0.3 is 10.2 Å². The zero-order chi connectivity index (χ0) is 12.3. The van der Waals surface area contributed by atoms with Crippen molar-refractivity contribution in [2.24, 2.45) is 11.3 Å². The molecule has 1 aliphatic heterocycles. The maximum absolute atomic E-state index is 3.68. The predicted octanol–water partition coefficient (Wildman–Crippen LogP) is 2.89. The molecule has 0 aromatic carbocycles. The second kappa shape index (κ2) is 5.71. The van der Waals surface area contributed by atoms with Crippen molar-refractivity contribution >= 4 is 0 Å². The molecular formula is C15H30N2. The third-order valence-electron chi connectivity index (χ3n) is 4.38. The van der Waals surface area contributed by atoms with Crippen molar-refractivity contribution in [1.82, 2.24) is 10.2 Å². The topological polar surface area (TPSA) is 15.3 Å². The number of nitrogens with zero attached hydrogens (tertiary/aromatic N) is 1. The summed E-state index contributed by atoms with van der Waals surface area (Å²) in [6.45, 7) is 12.3. The molecule has 17 heavy (non-hydrogen) atoms. The molecule has 0 amide bonds. The van der Waals surface area contributed by atoms with Gasteiger partial charge in [0.05, 0.1) is 0 Å². The summed E-state index contributed by atoms with van der Waals surface area (Å²) in [4.78, 5) is 2.68. The Labute approximate surface area is 107 Å². The molecule has 100 valence electrons. The molecule has 2 nitrogen and oxygen atoms in total. The van der Waals surface area contributed by atoms with Crippen molar-refractivity contribution < 1.29 is 0 Å². The number of likely N-dealkylation sites (tertiary alicyclic amines) is 1. The molecule has 1 saturated heterocycles. The van der Waals surface area contributed by atoms with Crippen molar-refractivity contribution in [3.05, 3.63) is 0 Å². The highest BCUT2D eigenvalue weighted by Crippen LogP contribution is 2.25. The summed E-state index contributed by atoms with van der Waals surface area (Å²) in [7, 11) is 0. The molecular weight excluding hydrogens is 208 g/mol. The summed E-state index contributed by atoms with van der Waals surface area (Å²) < 4.78 is 0. The molecule has 0 atom stereocenters. The molecule has 1 aliphatic carbocycles. The Morgan fingerprint density at radius 1 is 1.12 bits per heavy atom. The lowest BCUT2D eigenvalue weighted by atomic mass is 9.89. The Balaban J connectivity index is 1.67. The van der Waals surface area contributed by atoms with Crippen LogP contribution >= 0.6 is 0 Å². The third kappa shape index (κ3) is 4.59. The van der Waals surface area contributed by atoms with Crippen LogP contribution in [-0.2, 0) is 0 Å². The predicted molar refractivity (Wildman–Crippen MR) is 74.3 cm³/mol. The second-order valence-corrected chi connectivity index (χ2v) is 6.95. The summed E-state index contributed by atoms with van der Waals surface area (Å²) >= 11 is 0. The van der Waals surface area contributed by atoms with Crippen LogP contribution in [0.3, 0.4) is 0 Å². The smallest absolute Gasteiger partial charge is 0.00684 e. The maximum Gasteiger partial charge on any atom is 0.00684 e. The van der Waals surface area contributed by atoms with Crippen molar-refractivity contribution in [2.45, 2.75) is 58.9 Å². The summed E-state index contributed by atoms with van der Waals surface area (Å²) in [5, 5.41) is 3.68.